The predicted molar refractivity (Wildman–Crippen MR) is 89.0 cm³/mol. The molecule has 7 atom stereocenters. The molecular weight excluding hydrogens is 288 g/mol. The number of hydrogen-bond acceptors (Lipinski definition) is 3. The van der Waals surface area contributed by atoms with E-state index in [9.17, 15) is 9.90 Å². The normalized spacial score (nSPS) is 54.5. The Labute approximate surface area is 139 Å². The summed E-state index contributed by atoms with van der Waals surface area (Å²) in [5, 5.41) is 9.47. The van der Waals surface area contributed by atoms with Gasteiger partial charge in [0.15, 0.2) is 5.78 Å². The van der Waals surface area contributed by atoms with Crippen molar-refractivity contribution in [3.63, 3.8) is 0 Å². The van der Waals surface area contributed by atoms with E-state index in [1.54, 1.807) is 0 Å². The maximum Gasteiger partial charge on any atom is 0.162 e. The lowest BCUT2D eigenvalue weighted by Crippen LogP contribution is -2.58. The molecule has 0 bridgehead atoms. The Morgan fingerprint density at radius 2 is 1.91 bits per heavy atom. The van der Waals surface area contributed by atoms with Crippen LogP contribution in [0.5, 0.6) is 0 Å². The Morgan fingerprint density at radius 1 is 1.17 bits per heavy atom. The zero-order chi connectivity index (χ0) is 16.4. The number of aliphatic hydroxyl groups is 1. The minimum atomic E-state index is 0.110. The molecule has 3 aliphatic carbocycles. The van der Waals surface area contributed by atoms with Gasteiger partial charge in [-0.1, -0.05) is 20.8 Å². The second-order valence-corrected chi connectivity index (χ2v) is 9.19. The topological polar surface area (TPSA) is 46.5 Å². The van der Waals surface area contributed by atoms with Gasteiger partial charge in [-0.25, -0.2) is 0 Å². The van der Waals surface area contributed by atoms with E-state index in [4.69, 9.17) is 4.74 Å². The first kappa shape index (κ1) is 15.7. The zero-order valence-electron chi connectivity index (χ0n) is 14.7. The van der Waals surface area contributed by atoms with Crippen LogP contribution in [0, 0.1) is 34.5 Å². The first-order valence-electron chi connectivity index (χ1n) is 9.38. The van der Waals surface area contributed by atoms with Crippen molar-refractivity contribution in [1.82, 2.24) is 0 Å². The number of rotatable bonds is 0. The van der Waals surface area contributed by atoms with E-state index in [1.807, 2.05) is 0 Å². The number of carbonyl (C=O) groups excluding carboxylic acids is 1. The molecule has 1 N–H and O–H groups in total. The molecule has 1 heterocycles. The quantitative estimate of drug-likeness (QED) is 0.536. The summed E-state index contributed by atoms with van der Waals surface area (Å²) in [6, 6.07) is 0. The number of hydrogen-bond donors (Lipinski definition) is 1. The third kappa shape index (κ3) is 2.01. The van der Waals surface area contributed by atoms with Crippen LogP contribution in [0.1, 0.15) is 59.3 Å². The number of carbonyl (C=O) groups is 1. The number of ether oxygens (including phenoxy) is 1. The Bertz CT molecular complexity index is 553. The van der Waals surface area contributed by atoms with Crippen LogP contribution in [0.25, 0.3) is 0 Å². The van der Waals surface area contributed by atoms with Gasteiger partial charge in [0.1, 0.15) is 0 Å². The fraction of sp³-hybridized carbons (Fsp3) is 0.850. The van der Waals surface area contributed by atoms with Gasteiger partial charge < -0.3 is 9.84 Å². The van der Waals surface area contributed by atoms with Crippen LogP contribution < -0.4 is 0 Å². The highest BCUT2D eigenvalue weighted by atomic mass is 16.5. The lowest BCUT2D eigenvalue weighted by Gasteiger charge is -2.59. The van der Waals surface area contributed by atoms with E-state index >= 15 is 0 Å². The average molecular weight is 318 g/mol. The summed E-state index contributed by atoms with van der Waals surface area (Å²) < 4.78 is 6.43. The number of aliphatic hydroxyl groups excluding tert-OH is 1. The smallest absolute Gasteiger partial charge is 0.162 e. The van der Waals surface area contributed by atoms with Crippen LogP contribution in [0.3, 0.4) is 0 Å². The number of allylic oxidation sites excluding steroid dienone is 1. The molecule has 3 nitrogen and oxygen atoms in total. The molecule has 0 aromatic carbocycles. The van der Waals surface area contributed by atoms with E-state index in [0.29, 0.717) is 41.3 Å². The van der Waals surface area contributed by atoms with Gasteiger partial charge in [-0.2, -0.15) is 0 Å². The van der Waals surface area contributed by atoms with Gasteiger partial charge in [0.05, 0.1) is 19.0 Å². The van der Waals surface area contributed by atoms with Gasteiger partial charge in [-0.15, -0.1) is 0 Å². The first-order valence-corrected chi connectivity index (χ1v) is 9.38. The lowest BCUT2D eigenvalue weighted by atomic mass is 9.50. The maximum atomic E-state index is 12.2. The Morgan fingerprint density at radius 3 is 2.65 bits per heavy atom. The van der Waals surface area contributed by atoms with E-state index in [1.165, 1.54) is 25.7 Å². The molecule has 128 valence electrons. The van der Waals surface area contributed by atoms with Crippen LogP contribution in [0.15, 0.2) is 11.8 Å². The Balaban J connectivity index is 1.66. The van der Waals surface area contributed by atoms with Gasteiger partial charge in [0.25, 0.3) is 0 Å². The van der Waals surface area contributed by atoms with Crippen molar-refractivity contribution in [3.05, 3.63) is 11.8 Å². The second-order valence-electron chi connectivity index (χ2n) is 9.19. The molecule has 2 unspecified atom stereocenters. The predicted octanol–water partition coefficient (Wildman–Crippen LogP) is 4.27. The van der Waals surface area contributed by atoms with Crippen molar-refractivity contribution >= 4 is 5.78 Å². The summed E-state index contributed by atoms with van der Waals surface area (Å²) in [5.41, 5.74) is 1.18. The third-order valence-corrected chi connectivity index (χ3v) is 8.46. The van der Waals surface area contributed by atoms with Crippen LogP contribution in [-0.2, 0) is 9.53 Å². The van der Waals surface area contributed by atoms with Gasteiger partial charge in [0.2, 0.25) is 0 Å². The first-order chi connectivity index (χ1) is 10.9. The van der Waals surface area contributed by atoms with Crippen molar-refractivity contribution < 1.29 is 14.6 Å². The molecule has 1 aliphatic heterocycles. The Hall–Kier alpha value is -0.830. The zero-order valence-corrected chi connectivity index (χ0v) is 14.7. The lowest BCUT2D eigenvalue weighted by molar-refractivity contribution is -0.200. The fourth-order valence-electron chi connectivity index (χ4n) is 6.54. The summed E-state index contributed by atoms with van der Waals surface area (Å²) in [6.07, 6.45) is 7.82. The number of ketones is 1. The molecule has 4 fully saturated rings. The molecule has 0 aromatic heterocycles. The molecule has 4 rings (SSSR count). The molecule has 3 saturated carbocycles. The average Bonchev–Trinajstić information content (AvgIpc) is 2.83. The largest absolute Gasteiger partial charge is 0.515 e. The minimum absolute atomic E-state index is 0.110. The molecule has 0 radical (unpaired) electrons. The maximum absolute atomic E-state index is 12.2. The summed E-state index contributed by atoms with van der Waals surface area (Å²) in [4.78, 5) is 12.2. The highest BCUT2D eigenvalue weighted by Gasteiger charge is 2.60. The van der Waals surface area contributed by atoms with Crippen molar-refractivity contribution in [1.29, 1.82) is 0 Å². The van der Waals surface area contributed by atoms with Crippen LogP contribution in [0.4, 0.5) is 0 Å². The van der Waals surface area contributed by atoms with Gasteiger partial charge in [-0.3, -0.25) is 4.79 Å². The molecule has 0 amide bonds. The molecule has 4 aliphatic rings. The summed E-state index contributed by atoms with van der Waals surface area (Å²) in [5.74, 6) is 2.44. The fourth-order valence-corrected chi connectivity index (χ4v) is 6.54. The van der Waals surface area contributed by atoms with Crippen LogP contribution in [0.2, 0.25) is 0 Å². The van der Waals surface area contributed by atoms with Gasteiger partial charge in [-0.05, 0) is 66.6 Å². The van der Waals surface area contributed by atoms with E-state index in [-0.39, 0.29) is 11.2 Å². The summed E-state index contributed by atoms with van der Waals surface area (Å²) in [6.45, 7) is 7.98. The van der Waals surface area contributed by atoms with E-state index in [2.05, 4.69) is 20.8 Å². The van der Waals surface area contributed by atoms with Crippen molar-refractivity contribution in [2.75, 3.05) is 6.61 Å². The van der Waals surface area contributed by atoms with Crippen molar-refractivity contribution in [2.24, 2.45) is 34.5 Å². The Kier molecular flexibility index (Phi) is 3.46. The highest BCUT2D eigenvalue weighted by Crippen LogP contribution is 2.64. The van der Waals surface area contributed by atoms with Crippen LogP contribution >= 0.6 is 0 Å². The van der Waals surface area contributed by atoms with E-state index in [0.717, 1.165) is 25.2 Å². The third-order valence-electron chi connectivity index (χ3n) is 8.46. The van der Waals surface area contributed by atoms with Crippen molar-refractivity contribution in [3.8, 4) is 0 Å². The SMILES string of the molecule is CC1CC[C@H]2[C@@H]3OCC4CC(=O)C(=CO)C[C@]4(C)[C@@H]3CC[C@]12C. The van der Waals surface area contributed by atoms with Crippen molar-refractivity contribution in [2.45, 2.75) is 65.4 Å². The molecule has 1 saturated heterocycles. The minimum Gasteiger partial charge on any atom is -0.515 e. The monoisotopic (exact) mass is 318 g/mol. The molecule has 0 aromatic rings. The summed E-state index contributed by atoms with van der Waals surface area (Å²) in [7, 11) is 0. The number of fused-ring (bicyclic) bond motifs is 5. The molecule has 0 spiro atoms. The van der Waals surface area contributed by atoms with Gasteiger partial charge >= 0.3 is 0 Å². The molecular formula is C20H30O3. The van der Waals surface area contributed by atoms with Crippen LogP contribution in [-0.4, -0.2) is 23.6 Å². The standard InChI is InChI=1S/C20H30O3/c1-12-4-5-15-18-16(6-7-19(12,15)2)20(3)9-13(10-21)17(22)8-14(20)11-23-18/h10,12,14-16,18,21H,4-9,11H2,1-3H3/t12?,14?,15-,16+,18-,19+,20-/m0/s1. The van der Waals surface area contributed by atoms with E-state index < -0.39 is 0 Å². The number of Topliss-reactive ketones (excluding diaryl/α,β-unsaturated/α-hetero) is 1. The molecule has 23 heavy (non-hydrogen) atoms. The van der Waals surface area contributed by atoms with Gasteiger partial charge in [0, 0.05) is 12.0 Å². The summed E-state index contributed by atoms with van der Waals surface area (Å²) >= 11 is 0. The highest BCUT2D eigenvalue weighted by molar-refractivity contribution is 5.96. The molecule has 3 heteroatoms. The second kappa shape index (κ2) is 5.08.